The summed E-state index contributed by atoms with van der Waals surface area (Å²) in [7, 11) is 0. The smallest absolute Gasteiger partial charge is 0.410 e. The van der Waals surface area contributed by atoms with Gasteiger partial charge in [0.15, 0.2) is 0 Å². The minimum absolute atomic E-state index is 0.222. The van der Waals surface area contributed by atoms with E-state index in [9.17, 15) is 9.59 Å². The van der Waals surface area contributed by atoms with Crippen LogP contribution in [0.1, 0.15) is 57.7 Å². The van der Waals surface area contributed by atoms with E-state index in [1.807, 2.05) is 39.0 Å². The summed E-state index contributed by atoms with van der Waals surface area (Å²) in [4.78, 5) is 26.1. The van der Waals surface area contributed by atoms with Crippen molar-refractivity contribution in [2.24, 2.45) is 0 Å². The van der Waals surface area contributed by atoms with Crippen LogP contribution in [0.15, 0.2) is 18.2 Å². The average molecular weight is 368 g/mol. The summed E-state index contributed by atoms with van der Waals surface area (Å²) in [6.07, 6.45) is 1.10. The number of ether oxygens (including phenoxy) is 2. The molecule has 0 N–H and O–H groups in total. The van der Waals surface area contributed by atoms with E-state index in [1.165, 1.54) is 0 Å². The van der Waals surface area contributed by atoms with E-state index in [2.05, 4.69) is 0 Å². The van der Waals surface area contributed by atoms with Gasteiger partial charge in [-0.2, -0.15) is 0 Å². The normalized spacial score (nSPS) is 17.0. The molecule has 0 fully saturated rings. The van der Waals surface area contributed by atoms with Crippen molar-refractivity contribution in [3.05, 3.63) is 34.3 Å². The minimum Gasteiger partial charge on any atom is -0.466 e. The van der Waals surface area contributed by atoms with Gasteiger partial charge in [-0.1, -0.05) is 17.7 Å². The molecule has 25 heavy (non-hydrogen) atoms. The SMILES string of the molecule is CCOC(=O)CCC1c2ccc(Cl)cc2CCN1C(=O)OC(C)(C)C. The van der Waals surface area contributed by atoms with Crippen LogP contribution in [0.5, 0.6) is 0 Å². The molecule has 1 aliphatic rings. The lowest BCUT2D eigenvalue weighted by molar-refractivity contribution is -0.143. The summed E-state index contributed by atoms with van der Waals surface area (Å²) in [5.41, 5.74) is 1.57. The zero-order valence-electron chi connectivity index (χ0n) is 15.3. The Morgan fingerprint density at radius 3 is 2.68 bits per heavy atom. The number of fused-ring (bicyclic) bond motifs is 1. The highest BCUT2D eigenvalue weighted by Crippen LogP contribution is 2.35. The molecule has 2 rings (SSSR count). The molecule has 0 spiro atoms. The quantitative estimate of drug-likeness (QED) is 0.734. The van der Waals surface area contributed by atoms with Crippen LogP contribution in [0.2, 0.25) is 5.02 Å². The van der Waals surface area contributed by atoms with E-state index in [0.717, 1.165) is 11.1 Å². The van der Waals surface area contributed by atoms with Crippen LogP contribution in [0.3, 0.4) is 0 Å². The third kappa shape index (κ3) is 5.36. The molecule has 6 heteroatoms. The first-order valence-corrected chi connectivity index (χ1v) is 9.02. The molecule has 1 aromatic rings. The van der Waals surface area contributed by atoms with E-state index >= 15 is 0 Å². The van der Waals surface area contributed by atoms with Crippen LogP contribution in [0.4, 0.5) is 4.79 Å². The number of rotatable bonds is 4. The summed E-state index contributed by atoms with van der Waals surface area (Å²) in [5, 5.41) is 0.675. The molecule has 138 valence electrons. The molecule has 1 amide bonds. The second-order valence-corrected chi connectivity index (χ2v) is 7.56. The van der Waals surface area contributed by atoms with Gasteiger partial charge in [-0.25, -0.2) is 4.79 Å². The van der Waals surface area contributed by atoms with Gasteiger partial charge in [0.05, 0.1) is 12.6 Å². The highest BCUT2D eigenvalue weighted by molar-refractivity contribution is 6.30. The van der Waals surface area contributed by atoms with Gasteiger partial charge in [-0.05, 0) is 63.8 Å². The van der Waals surface area contributed by atoms with Crippen molar-refractivity contribution >= 4 is 23.7 Å². The van der Waals surface area contributed by atoms with Gasteiger partial charge < -0.3 is 14.4 Å². The molecular formula is C19H26ClNO4. The summed E-state index contributed by atoms with van der Waals surface area (Å²) in [6, 6.07) is 5.46. The van der Waals surface area contributed by atoms with Crippen molar-refractivity contribution in [1.82, 2.24) is 4.90 Å². The molecule has 1 heterocycles. The third-order valence-corrected chi connectivity index (χ3v) is 4.25. The largest absolute Gasteiger partial charge is 0.466 e. The van der Waals surface area contributed by atoms with Crippen LogP contribution < -0.4 is 0 Å². The van der Waals surface area contributed by atoms with E-state index < -0.39 is 5.60 Å². The van der Waals surface area contributed by atoms with Crippen molar-refractivity contribution in [2.45, 2.75) is 58.6 Å². The predicted octanol–water partition coefficient (Wildman–Crippen LogP) is 4.52. The first-order chi connectivity index (χ1) is 11.7. The Bertz CT molecular complexity index is 639. The number of nitrogens with zero attached hydrogens (tertiary/aromatic N) is 1. The van der Waals surface area contributed by atoms with Gasteiger partial charge in [0.25, 0.3) is 0 Å². The number of halogens is 1. The Hall–Kier alpha value is -1.75. The van der Waals surface area contributed by atoms with Gasteiger partial charge in [0, 0.05) is 18.0 Å². The lowest BCUT2D eigenvalue weighted by atomic mass is 9.90. The molecule has 1 unspecified atom stereocenters. The van der Waals surface area contributed by atoms with E-state index in [4.69, 9.17) is 21.1 Å². The minimum atomic E-state index is -0.566. The maximum Gasteiger partial charge on any atom is 0.410 e. The second-order valence-electron chi connectivity index (χ2n) is 7.13. The van der Waals surface area contributed by atoms with Crippen LogP contribution in [-0.2, 0) is 20.7 Å². The molecule has 1 atom stereocenters. The summed E-state index contributed by atoms with van der Waals surface area (Å²) < 4.78 is 10.6. The predicted molar refractivity (Wildman–Crippen MR) is 96.7 cm³/mol. The van der Waals surface area contributed by atoms with Crippen LogP contribution in [-0.4, -0.2) is 35.7 Å². The fraction of sp³-hybridized carbons (Fsp3) is 0.579. The molecule has 0 bridgehead atoms. The maximum atomic E-state index is 12.6. The summed E-state index contributed by atoms with van der Waals surface area (Å²) in [6.45, 7) is 8.20. The van der Waals surface area contributed by atoms with Crippen LogP contribution in [0, 0.1) is 0 Å². The van der Waals surface area contributed by atoms with Crippen LogP contribution >= 0.6 is 11.6 Å². The van der Waals surface area contributed by atoms with Gasteiger partial charge in [0.1, 0.15) is 5.60 Å². The van der Waals surface area contributed by atoms with Gasteiger partial charge in [-0.3, -0.25) is 4.79 Å². The number of esters is 1. The van der Waals surface area contributed by atoms with Crippen molar-refractivity contribution in [3.8, 4) is 0 Å². The number of carbonyl (C=O) groups excluding carboxylic acids is 2. The third-order valence-electron chi connectivity index (χ3n) is 4.02. The molecule has 5 nitrogen and oxygen atoms in total. The molecule has 0 saturated heterocycles. The molecular weight excluding hydrogens is 342 g/mol. The van der Waals surface area contributed by atoms with Gasteiger partial charge in [-0.15, -0.1) is 0 Å². The van der Waals surface area contributed by atoms with Crippen molar-refractivity contribution < 1.29 is 19.1 Å². The number of benzene rings is 1. The average Bonchev–Trinajstić information content (AvgIpc) is 2.50. The number of amides is 1. The van der Waals surface area contributed by atoms with E-state index in [0.29, 0.717) is 31.0 Å². The first kappa shape index (κ1) is 19.6. The number of carbonyl (C=O) groups is 2. The van der Waals surface area contributed by atoms with Crippen molar-refractivity contribution in [3.63, 3.8) is 0 Å². The Morgan fingerprint density at radius 1 is 1.32 bits per heavy atom. The maximum absolute atomic E-state index is 12.6. The topological polar surface area (TPSA) is 55.8 Å². The monoisotopic (exact) mass is 367 g/mol. The van der Waals surface area contributed by atoms with Gasteiger partial charge in [0.2, 0.25) is 0 Å². The number of hydrogen-bond donors (Lipinski definition) is 0. The lowest BCUT2D eigenvalue weighted by Crippen LogP contribution is -2.43. The number of hydrogen-bond acceptors (Lipinski definition) is 4. The van der Waals surface area contributed by atoms with E-state index in [-0.39, 0.29) is 24.5 Å². The van der Waals surface area contributed by atoms with Gasteiger partial charge >= 0.3 is 12.1 Å². The zero-order valence-corrected chi connectivity index (χ0v) is 16.1. The molecule has 0 aliphatic carbocycles. The highest BCUT2D eigenvalue weighted by atomic mass is 35.5. The fourth-order valence-corrected chi connectivity index (χ4v) is 3.21. The zero-order chi connectivity index (χ0) is 18.6. The standard InChI is InChI=1S/C19H26ClNO4/c1-5-24-17(22)9-8-16-15-7-6-14(20)12-13(15)10-11-21(16)18(23)25-19(2,3)4/h6-7,12,16H,5,8-11H2,1-4H3. The Morgan fingerprint density at radius 2 is 2.04 bits per heavy atom. The Kier molecular flexibility index (Phi) is 6.33. The highest BCUT2D eigenvalue weighted by Gasteiger charge is 2.34. The Labute approximate surface area is 154 Å². The van der Waals surface area contributed by atoms with Crippen molar-refractivity contribution in [2.75, 3.05) is 13.2 Å². The molecule has 1 aliphatic heterocycles. The van der Waals surface area contributed by atoms with E-state index in [1.54, 1.807) is 11.8 Å². The molecule has 1 aromatic carbocycles. The molecule has 0 saturated carbocycles. The Balaban J connectivity index is 2.24. The fourth-order valence-electron chi connectivity index (χ4n) is 3.02. The summed E-state index contributed by atoms with van der Waals surface area (Å²) in [5.74, 6) is -0.257. The summed E-state index contributed by atoms with van der Waals surface area (Å²) >= 11 is 6.10. The molecule has 0 aromatic heterocycles. The lowest BCUT2D eigenvalue weighted by Gasteiger charge is -2.38. The molecule has 0 radical (unpaired) electrons. The second kappa shape index (κ2) is 8.09. The first-order valence-electron chi connectivity index (χ1n) is 8.65. The van der Waals surface area contributed by atoms with Crippen molar-refractivity contribution in [1.29, 1.82) is 0 Å². The van der Waals surface area contributed by atoms with Crippen LogP contribution in [0.25, 0.3) is 0 Å².